The zero-order chi connectivity index (χ0) is 11.4. The van der Waals surface area contributed by atoms with Gasteiger partial charge in [-0.2, -0.15) is 0 Å². The molecule has 1 heterocycles. The number of rotatable bonds is 5. The van der Waals surface area contributed by atoms with Gasteiger partial charge in [-0.05, 0) is 31.4 Å². The van der Waals surface area contributed by atoms with Crippen LogP contribution < -0.4 is 5.32 Å². The second kappa shape index (κ2) is 4.80. The van der Waals surface area contributed by atoms with Gasteiger partial charge in [-0.25, -0.2) is 0 Å². The molecule has 4 nitrogen and oxygen atoms in total. The maximum absolute atomic E-state index is 9.09. The third-order valence-electron chi connectivity index (χ3n) is 3.26. The molecular weight excluding hydrogens is 204 g/mol. The highest BCUT2D eigenvalue weighted by Gasteiger charge is 2.36. The van der Waals surface area contributed by atoms with Crippen molar-refractivity contribution in [2.75, 3.05) is 13.7 Å². The molecule has 0 atom stereocenters. The summed E-state index contributed by atoms with van der Waals surface area (Å²) in [5, 5.41) is 12.4. The Morgan fingerprint density at radius 2 is 2.31 bits per heavy atom. The Morgan fingerprint density at radius 1 is 1.50 bits per heavy atom. The Labute approximate surface area is 95.7 Å². The molecule has 0 radical (unpaired) electrons. The molecule has 0 aromatic carbocycles. The van der Waals surface area contributed by atoms with Gasteiger partial charge in [0.05, 0.1) is 17.5 Å². The maximum Gasteiger partial charge on any atom is 0.133 e. The predicted molar refractivity (Wildman–Crippen MR) is 61.2 cm³/mol. The molecule has 1 aromatic rings. The van der Waals surface area contributed by atoms with Gasteiger partial charge < -0.3 is 15.2 Å². The van der Waals surface area contributed by atoms with Gasteiger partial charge in [-0.3, -0.25) is 4.98 Å². The molecule has 2 rings (SSSR count). The van der Waals surface area contributed by atoms with E-state index in [1.165, 1.54) is 12.6 Å². The van der Waals surface area contributed by atoms with E-state index >= 15 is 0 Å². The average molecular weight is 222 g/mol. The largest absolute Gasteiger partial charge is 0.506 e. The summed E-state index contributed by atoms with van der Waals surface area (Å²) in [6.45, 7) is 1.58. The normalized spacial score (nSPS) is 18.1. The van der Waals surface area contributed by atoms with Crippen LogP contribution in [0.1, 0.15) is 25.0 Å². The Morgan fingerprint density at radius 3 is 2.81 bits per heavy atom. The van der Waals surface area contributed by atoms with Crippen LogP contribution in [-0.4, -0.2) is 29.3 Å². The van der Waals surface area contributed by atoms with E-state index in [1.807, 2.05) is 6.07 Å². The monoisotopic (exact) mass is 222 g/mol. The highest BCUT2D eigenvalue weighted by atomic mass is 16.5. The van der Waals surface area contributed by atoms with Crippen molar-refractivity contribution in [3.05, 3.63) is 24.0 Å². The Hall–Kier alpha value is -1.13. The molecule has 88 valence electrons. The van der Waals surface area contributed by atoms with Gasteiger partial charge in [-0.15, -0.1) is 0 Å². The minimum Gasteiger partial charge on any atom is -0.506 e. The van der Waals surface area contributed by atoms with E-state index < -0.39 is 0 Å². The first-order chi connectivity index (χ1) is 7.74. The molecule has 4 heteroatoms. The number of hydrogen-bond acceptors (Lipinski definition) is 4. The van der Waals surface area contributed by atoms with Gasteiger partial charge in [0, 0.05) is 20.2 Å². The van der Waals surface area contributed by atoms with Gasteiger partial charge in [0.1, 0.15) is 5.75 Å². The van der Waals surface area contributed by atoms with Crippen molar-refractivity contribution in [3.8, 4) is 5.75 Å². The first-order valence-corrected chi connectivity index (χ1v) is 5.64. The molecule has 2 N–H and O–H groups in total. The quantitative estimate of drug-likeness (QED) is 0.791. The van der Waals surface area contributed by atoms with E-state index in [9.17, 15) is 0 Å². The minimum absolute atomic E-state index is 0.0525. The topological polar surface area (TPSA) is 54.4 Å². The van der Waals surface area contributed by atoms with E-state index in [-0.39, 0.29) is 11.4 Å². The third kappa shape index (κ3) is 2.51. The van der Waals surface area contributed by atoms with Crippen molar-refractivity contribution in [2.45, 2.75) is 31.4 Å². The summed E-state index contributed by atoms with van der Waals surface area (Å²) in [5.74, 6) is 0.205. The lowest BCUT2D eigenvalue weighted by atomic mass is 9.80. The molecule has 0 bridgehead atoms. The highest BCUT2D eigenvalue weighted by molar-refractivity contribution is 5.17. The van der Waals surface area contributed by atoms with Gasteiger partial charge in [0.25, 0.3) is 0 Å². The van der Waals surface area contributed by atoms with E-state index in [4.69, 9.17) is 9.84 Å². The van der Waals surface area contributed by atoms with Gasteiger partial charge in [-0.1, -0.05) is 0 Å². The van der Waals surface area contributed by atoms with Crippen molar-refractivity contribution in [1.29, 1.82) is 0 Å². The molecule has 0 aliphatic heterocycles. The van der Waals surface area contributed by atoms with Crippen molar-refractivity contribution in [1.82, 2.24) is 10.3 Å². The Balaban J connectivity index is 1.77. The molecular formula is C12H18N2O2. The number of nitrogens with one attached hydrogen (secondary N) is 1. The molecule has 1 aromatic heterocycles. The van der Waals surface area contributed by atoms with Crippen LogP contribution in [0.25, 0.3) is 0 Å². The first kappa shape index (κ1) is 11.4. The summed E-state index contributed by atoms with van der Waals surface area (Å²) in [6.07, 6.45) is 5.00. The molecule has 1 aliphatic carbocycles. The average Bonchev–Trinajstić information content (AvgIpc) is 2.25. The number of hydrogen-bond donors (Lipinski definition) is 2. The van der Waals surface area contributed by atoms with Crippen LogP contribution in [0.4, 0.5) is 0 Å². The summed E-state index contributed by atoms with van der Waals surface area (Å²) in [7, 11) is 1.78. The number of ether oxygens (including phenoxy) is 1. The molecule has 0 amide bonds. The first-order valence-electron chi connectivity index (χ1n) is 5.64. The van der Waals surface area contributed by atoms with Crippen LogP contribution in [0.3, 0.4) is 0 Å². The predicted octanol–water partition coefficient (Wildman–Crippen LogP) is 1.45. The van der Waals surface area contributed by atoms with E-state index in [1.54, 1.807) is 13.2 Å². The second-order valence-corrected chi connectivity index (χ2v) is 4.35. The number of nitrogens with zero attached hydrogens (tertiary/aromatic N) is 1. The Kier molecular flexibility index (Phi) is 3.41. The highest BCUT2D eigenvalue weighted by Crippen LogP contribution is 2.34. The maximum atomic E-state index is 9.09. The van der Waals surface area contributed by atoms with Crippen LogP contribution in [0.2, 0.25) is 0 Å². The zero-order valence-electron chi connectivity index (χ0n) is 9.57. The lowest BCUT2D eigenvalue weighted by Crippen LogP contribution is -2.47. The zero-order valence-corrected chi connectivity index (χ0v) is 9.57. The van der Waals surface area contributed by atoms with E-state index in [0.29, 0.717) is 6.54 Å². The van der Waals surface area contributed by atoms with E-state index in [0.717, 1.165) is 25.1 Å². The summed E-state index contributed by atoms with van der Waals surface area (Å²) in [4.78, 5) is 4.11. The summed E-state index contributed by atoms with van der Waals surface area (Å²) >= 11 is 0. The lowest BCUT2D eigenvalue weighted by molar-refractivity contribution is -0.0695. The van der Waals surface area contributed by atoms with Gasteiger partial charge in [0.15, 0.2) is 0 Å². The van der Waals surface area contributed by atoms with Crippen molar-refractivity contribution >= 4 is 0 Å². The van der Waals surface area contributed by atoms with Crippen molar-refractivity contribution in [3.63, 3.8) is 0 Å². The fraction of sp³-hybridized carbons (Fsp3) is 0.583. The van der Waals surface area contributed by atoms with Crippen LogP contribution in [0.15, 0.2) is 18.3 Å². The van der Waals surface area contributed by atoms with Gasteiger partial charge in [0.2, 0.25) is 0 Å². The fourth-order valence-electron chi connectivity index (χ4n) is 1.96. The molecule has 0 saturated heterocycles. The Bertz CT molecular complexity index is 328. The summed E-state index contributed by atoms with van der Waals surface area (Å²) in [6, 6.07) is 3.47. The van der Waals surface area contributed by atoms with Crippen LogP contribution >= 0.6 is 0 Å². The van der Waals surface area contributed by atoms with E-state index in [2.05, 4.69) is 10.3 Å². The van der Waals surface area contributed by atoms with Crippen LogP contribution in [-0.2, 0) is 11.3 Å². The van der Waals surface area contributed by atoms with Crippen LogP contribution in [0, 0.1) is 0 Å². The molecule has 0 spiro atoms. The SMILES string of the molecule is COC1(CNCc2ccc(O)cn2)CCC1. The number of aromatic hydroxyl groups is 1. The third-order valence-corrected chi connectivity index (χ3v) is 3.26. The standard InChI is InChI=1S/C12H18N2O2/c1-16-12(5-2-6-12)9-13-7-10-3-4-11(15)8-14-10/h3-4,8,13,15H,2,5-7,9H2,1H3. The fourth-order valence-corrected chi connectivity index (χ4v) is 1.96. The molecule has 1 fully saturated rings. The van der Waals surface area contributed by atoms with Crippen molar-refractivity contribution < 1.29 is 9.84 Å². The summed E-state index contributed by atoms with van der Waals surface area (Å²) in [5.41, 5.74) is 0.986. The second-order valence-electron chi connectivity index (χ2n) is 4.35. The minimum atomic E-state index is 0.0525. The van der Waals surface area contributed by atoms with Crippen molar-refractivity contribution in [2.24, 2.45) is 0 Å². The molecule has 16 heavy (non-hydrogen) atoms. The summed E-state index contributed by atoms with van der Waals surface area (Å²) < 4.78 is 5.51. The lowest BCUT2D eigenvalue weighted by Gasteiger charge is -2.40. The number of pyridine rings is 1. The molecule has 1 saturated carbocycles. The number of methoxy groups -OCH3 is 1. The molecule has 0 unspecified atom stereocenters. The number of aromatic nitrogens is 1. The molecule has 1 aliphatic rings. The van der Waals surface area contributed by atoms with Crippen LogP contribution in [0.5, 0.6) is 5.75 Å². The smallest absolute Gasteiger partial charge is 0.133 e. The van der Waals surface area contributed by atoms with Gasteiger partial charge >= 0.3 is 0 Å².